The molecule has 0 N–H and O–H groups in total. The largest absolute Gasteiger partial charge is 0.309 e. The predicted molar refractivity (Wildman–Crippen MR) is 318 cm³/mol. The summed E-state index contributed by atoms with van der Waals surface area (Å²) in [6.45, 7) is 0. The van der Waals surface area contributed by atoms with Gasteiger partial charge >= 0.3 is 0 Å². The lowest BCUT2D eigenvalue weighted by Gasteiger charge is -2.35. The maximum absolute atomic E-state index is 2.62. The van der Waals surface area contributed by atoms with Crippen molar-refractivity contribution < 1.29 is 0 Å². The summed E-state index contributed by atoms with van der Waals surface area (Å²) in [5.41, 5.74) is 25.0. The highest BCUT2D eigenvalue weighted by Crippen LogP contribution is 2.66. The summed E-state index contributed by atoms with van der Waals surface area (Å²) in [5.74, 6) is 0. The molecule has 1 heterocycles. The predicted octanol–water partition coefficient (Wildman–Crippen LogP) is 19.6. The fourth-order valence-corrected chi connectivity index (χ4v) is 15.1. The Labute approximate surface area is 446 Å². The molecule has 3 aliphatic carbocycles. The molecule has 13 aromatic rings. The van der Waals surface area contributed by atoms with E-state index in [1.54, 1.807) is 0 Å². The number of fused-ring (bicyclic) bond motifs is 16. The Bertz CT molecular complexity index is 4360. The number of thiophene rings is 1. The van der Waals surface area contributed by atoms with Gasteiger partial charge in [-0.15, -0.1) is 11.3 Å². The van der Waals surface area contributed by atoms with Crippen molar-refractivity contribution in [3.63, 3.8) is 0 Å². The van der Waals surface area contributed by atoms with Gasteiger partial charge in [0.2, 0.25) is 0 Å². The third kappa shape index (κ3) is 5.90. The number of hydrogen-bond acceptors (Lipinski definition) is 2. The van der Waals surface area contributed by atoms with Crippen LogP contribution in [0.5, 0.6) is 0 Å². The molecule has 0 unspecified atom stereocenters. The van der Waals surface area contributed by atoms with Crippen molar-refractivity contribution in [2.75, 3.05) is 4.90 Å². The fourth-order valence-electron chi connectivity index (χ4n) is 14.0. The van der Waals surface area contributed by atoms with Crippen molar-refractivity contribution in [2.45, 2.75) is 10.8 Å². The van der Waals surface area contributed by atoms with Gasteiger partial charge in [-0.05, 0) is 131 Å². The first-order chi connectivity index (χ1) is 37.7. The van der Waals surface area contributed by atoms with E-state index in [-0.39, 0.29) is 0 Å². The fraction of sp³-hybridized carbons (Fsp3) is 0.0270. The molecule has 16 rings (SSSR count). The third-order valence-electron chi connectivity index (χ3n) is 17.0. The summed E-state index contributed by atoms with van der Waals surface area (Å²) in [7, 11) is 0. The normalized spacial score (nSPS) is 13.7. The SMILES string of the molecule is c1ccc(-c2cccc(C3(c4cccc(-c5ccccc5)c4)c4ccccc4-c4c(N(c5ccc6c(c5)sc5ccccc56)c5cccc6c5-c5ccccc5C65c6ccccc6-c6ccccc65)cccc43)c2)cc1. The molecule has 12 aromatic carbocycles. The first kappa shape index (κ1) is 43.1. The maximum atomic E-state index is 2.62. The van der Waals surface area contributed by atoms with Crippen molar-refractivity contribution in [3.8, 4) is 55.6 Å². The summed E-state index contributed by atoms with van der Waals surface area (Å²) < 4.78 is 2.57. The lowest BCUT2D eigenvalue weighted by atomic mass is 9.67. The van der Waals surface area contributed by atoms with Crippen LogP contribution in [0.4, 0.5) is 17.1 Å². The van der Waals surface area contributed by atoms with Crippen LogP contribution in [0.15, 0.2) is 285 Å². The second-order valence-corrected chi connectivity index (χ2v) is 21.7. The molecule has 0 saturated heterocycles. The Balaban J connectivity index is 1.02. The van der Waals surface area contributed by atoms with Gasteiger partial charge in [-0.2, -0.15) is 0 Å². The highest BCUT2D eigenvalue weighted by molar-refractivity contribution is 7.25. The van der Waals surface area contributed by atoms with Crippen LogP contribution < -0.4 is 4.90 Å². The van der Waals surface area contributed by atoms with E-state index in [1.807, 2.05) is 11.3 Å². The van der Waals surface area contributed by atoms with Gasteiger partial charge in [0.25, 0.3) is 0 Å². The van der Waals surface area contributed by atoms with E-state index in [0.717, 1.165) is 17.1 Å². The minimum atomic E-state index is -0.689. The molecule has 0 fully saturated rings. The topological polar surface area (TPSA) is 3.24 Å². The molecular formula is C74H47NS. The van der Waals surface area contributed by atoms with Crippen molar-refractivity contribution in [3.05, 3.63) is 330 Å². The van der Waals surface area contributed by atoms with E-state index in [0.29, 0.717) is 0 Å². The zero-order valence-corrected chi connectivity index (χ0v) is 42.3. The molecule has 0 aliphatic heterocycles. The third-order valence-corrected chi connectivity index (χ3v) is 18.1. The highest BCUT2D eigenvalue weighted by Gasteiger charge is 2.53. The molecule has 354 valence electrons. The monoisotopic (exact) mass is 981 g/mol. The Morgan fingerprint density at radius 3 is 1.24 bits per heavy atom. The quantitative estimate of drug-likeness (QED) is 0.154. The van der Waals surface area contributed by atoms with E-state index in [9.17, 15) is 0 Å². The lowest BCUT2D eigenvalue weighted by Crippen LogP contribution is -2.29. The number of benzene rings is 12. The molecule has 0 atom stereocenters. The van der Waals surface area contributed by atoms with E-state index in [1.165, 1.54) is 120 Å². The summed E-state index contributed by atoms with van der Waals surface area (Å²) in [4.78, 5) is 2.62. The molecule has 3 aliphatic rings. The Morgan fingerprint density at radius 2 is 0.671 bits per heavy atom. The maximum Gasteiger partial charge on any atom is 0.0726 e. The lowest BCUT2D eigenvalue weighted by molar-refractivity contribution is 0.769. The van der Waals surface area contributed by atoms with Crippen molar-refractivity contribution in [2.24, 2.45) is 0 Å². The number of anilines is 3. The molecule has 1 spiro atoms. The van der Waals surface area contributed by atoms with Gasteiger partial charge in [0.1, 0.15) is 0 Å². The zero-order chi connectivity index (χ0) is 50.0. The van der Waals surface area contributed by atoms with Crippen LogP contribution in [-0.2, 0) is 10.8 Å². The van der Waals surface area contributed by atoms with Gasteiger partial charge in [0.15, 0.2) is 0 Å². The second-order valence-electron chi connectivity index (χ2n) is 20.6. The first-order valence-electron chi connectivity index (χ1n) is 26.4. The smallest absolute Gasteiger partial charge is 0.0726 e. The highest BCUT2D eigenvalue weighted by atomic mass is 32.1. The van der Waals surface area contributed by atoms with Gasteiger partial charge < -0.3 is 4.90 Å². The molecule has 1 nitrogen and oxygen atoms in total. The van der Waals surface area contributed by atoms with Gasteiger partial charge in [-0.1, -0.05) is 243 Å². The van der Waals surface area contributed by atoms with Gasteiger partial charge in [-0.25, -0.2) is 0 Å². The number of rotatable bonds is 7. The van der Waals surface area contributed by atoms with Crippen LogP contribution in [0, 0.1) is 0 Å². The van der Waals surface area contributed by atoms with Crippen molar-refractivity contribution in [1.82, 2.24) is 0 Å². The minimum Gasteiger partial charge on any atom is -0.309 e. The minimum absolute atomic E-state index is 0.496. The molecule has 2 heteroatoms. The van der Waals surface area contributed by atoms with E-state index in [4.69, 9.17) is 0 Å². The van der Waals surface area contributed by atoms with Gasteiger partial charge in [-0.3, -0.25) is 0 Å². The number of nitrogens with zero attached hydrogens (tertiary/aromatic N) is 1. The Morgan fingerprint density at radius 1 is 0.263 bits per heavy atom. The molecule has 1 aromatic heterocycles. The average Bonchev–Trinajstić information content (AvgIpc) is 4.42. The Kier molecular flexibility index (Phi) is 9.40. The van der Waals surface area contributed by atoms with Crippen LogP contribution in [0.25, 0.3) is 75.8 Å². The molecule has 0 radical (unpaired) electrons. The first-order valence-corrected chi connectivity index (χ1v) is 27.2. The van der Waals surface area contributed by atoms with Crippen LogP contribution in [0.1, 0.15) is 44.5 Å². The summed E-state index contributed by atoms with van der Waals surface area (Å²) in [6, 6.07) is 107. The standard InChI is InChI=1S/C74H47NS/c1-3-21-48(22-4-1)50-25-17-27-52(45-50)73(53-28-18-26-51(46-53)49-23-5-2-6-24-49)63-36-14-9-32-59(63)71-65(73)38-19-40-67(71)75(54-43-44-58-57-31-11-16-42-69(57)76-70(58)47-54)68-41-20-39-66-72(68)60-33-10-15-37-64(60)74(66)61-34-12-7-29-55(61)56-30-8-13-35-62(56)74/h1-47H. The van der Waals surface area contributed by atoms with Gasteiger partial charge in [0.05, 0.1) is 22.2 Å². The molecule has 0 saturated carbocycles. The number of hydrogen-bond donors (Lipinski definition) is 0. The van der Waals surface area contributed by atoms with Crippen LogP contribution >= 0.6 is 11.3 Å². The van der Waals surface area contributed by atoms with Crippen LogP contribution in [-0.4, -0.2) is 0 Å². The second kappa shape index (κ2) is 16.6. The van der Waals surface area contributed by atoms with E-state index < -0.39 is 10.8 Å². The molecule has 0 amide bonds. The Hall–Kier alpha value is -9.34. The van der Waals surface area contributed by atoms with Crippen LogP contribution in [0.2, 0.25) is 0 Å². The van der Waals surface area contributed by atoms with Gasteiger partial charge in [0, 0.05) is 37.0 Å². The summed E-state index contributed by atoms with van der Waals surface area (Å²) >= 11 is 1.88. The summed E-state index contributed by atoms with van der Waals surface area (Å²) in [6.07, 6.45) is 0. The van der Waals surface area contributed by atoms with Crippen molar-refractivity contribution >= 4 is 48.6 Å². The van der Waals surface area contributed by atoms with E-state index >= 15 is 0 Å². The molecular weight excluding hydrogens is 935 g/mol. The molecule has 76 heavy (non-hydrogen) atoms. The van der Waals surface area contributed by atoms with E-state index in [2.05, 4.69) is 290 Å². The average molecular weight is 982 g/mol. The zero-order valence-electron chi connectivity index (χ0n) is 41.5. The van der Waals surface area contributed by atoms with Crippen molar-refractivity contribution in [1.29, 1.82) is 0 Å². The molecule has 0 bridgehead atoms. The van der Waals surface area contributed by atoms with Crippen LogP contribution in [0.3, 0.4) is 0 Å². The summed E-state index contributed by atoms with van der Waals surface area (Å²) in [5, 5.41) is 2.58.